The predicted molar refractivity (Wildman–Crippen MR) is 106 cm³/mol. The first-order valence-electron chi connectivity index (χ1n) is 8.62. The van der Waals surface area contributed by atoms with Crippen LogP contribution in [0, 0.1) is 0 Å². The molecule has 0 radical (unpaired) electrons. The van der Waals surface area contributed by atoms with Gasteiger partial charge < -0.3 is 15.5 Å². The minimum Gasteiger partial charge on any atom is -0.496 e. The highest BCUT2D eigenvalue weighted by molar-refractivity contribution is 5.91. The first-order chi connectivity index (χ1) is 13.1. The van der Waals surface area contributed by atoms with Crippen molar-refractivity contribution in [2.75, 3.05) is 12.8 Å². The van der Waals surface area contributed by atoms with Gasteiger partial charge in [0.25, 0.3) is 5.56 Å². The van der Waals surface area contributed by atoms with Gasteiger partial charge in [-0.1, -0.05) is 30.3 Å². The zero-order valence-corrected chi connectivity index (χ0v) is 15.1. The third-order valence-electron chi connectivity index (χ3n) is 4.43. The maximum absolute atomic E-state index is 12.9. The van der Waals surface area contributed by atoms with Crippen LogP contribution in [0.4, 0.5) is 5.69 Å². The van der Waals surface area contributed by atoms with Crippen molar-refractivity contribution in [3.63, 3.8) is 0 Å². The van der Waals surface area contributed by atoms with Gasteiger partial charge >= 0.3 is 0 Å². The van der Waals surface area contributed by atoms with Crippen molar-refractivity contribution in [2.45, 2.75) is 13.5 Å². The lowest BCUT2D eigenvalue weighted by Crippen LogP contribution is -2.11. The van der Waals surface area contributed by atoms with Gasteiger partial charge in [-0.2, -0.15) is 5.10 Å². The molecule has 2 aromatic heterocycles. The van der Waals surface area contributed by atoms with Crippen LogP contribution in [0.25, 0.3) is 33.7 Å². The SMILES string of the molecule is CCn1nc(-c2ccccc2)c2c(=O)[nH]c(-c3ccc(N)cc3OC)nc21. The van der Waals surface area contributed by atoms with Crippen molar-refractivity contribution < 1.29 is 4.74 Å². The molecule has 0 amide bonds. The van der Waals surface area contributed by atoms with Crippen LogP contribution in [0.15, 0.2) is 53.3 Å². The molecule has 0 atom stereocenters. The highest BCUT2D eigenvalue weighted by atomic mass is 16.5. The number of hydrogen-bond acceptors (Lipinski definition) is 5. The van der Waals surface area contributed by atoms with Crippen LogP contribution < -0.4 is 16.0 Å². The summed E-state index contributed by atoms with van der Waals surface area (Å²) in [6.07, 6.45) is 0. The maximum Gasteiger partial charge on any atom is 0.262 e. The number of nitrogens with one attached hydrogen (secondary N) is 1. The summed E-state index contributed by atoms with van der Waals surface area (Å²) in [6, 6.07) is 14.8. The Bertz CT molecular complexity index is 1180. The molecule has 7 nitrogen and oxygen atoms in total. The minimum atomic E-state index is -0.243. The second kappa shape index (κ2) is 6.60. The van der Waals surface area contributed by atoms with Crippen LogP contribution in [0.2, 0.25) is 0 Å². The Morgan fingerprint density at radius 3 is 2.67 bits per heavy atom. The summed E-state index contributed by atoms with van der Waals surface area (Å²) in [6.45, 7) is 2.56. The van der Waals surface area contributed by atoms with E-state index in [9.17, 15) is 4.79 Å². The first-order valence-corrected chi connectivity index (χ1v) is 8.62. The van der Waals surface area contributed by atoms with Gasteiger partial charge in [0, 0.05) is 23.9 Å². The van der Waals surface area contributed by atoms with Crippen LogP contribution in [-0.4, -0.2) is 26.9 Å². The Labute approximate surface area is 155 Å². The molecular formula is C20H19N5O2. The highest BCUT2D eigenvalue weighted by Crippen LogP contribution is 2.31. The molecule has 27 heavy (non-hydrogen) atoms. The number of anilines is 1. The molecule has 2 aromatic carbocycles. The molecule has 2 heterocycles. The van der Waals surface area contributed by atoms with E-state index in [4.69, 9.17) is 10.5 Å². The van der Waals surface area contributed by atoms with E-state index in [1.54, 1.807) is 30.0 Å². The van der Waals surface area contributed by atoms with E-state index in [0.717, 1.165) is 5.56 Å². The molecule has 0 spiro atoms. The lowest BCUT2D eigenvalue weighted by atomic mass is 10.1. The van der Waals surface area contributed by atoms with Crippen molar-refractivity contribution in [1.82, 2.24) is 19.7 Å². The number of nitrogens with two attached hydrogens (primary N) is 1. The molecule has 0 fully saturated rings. The fraction of sp³-hybridized carbons (Fsp3) is 0.150. The van der Waals surface area contributed by atoms with Crippen molar-refractivity contribution in [1.29, 1.82) is 0 Å². The summed E-state index contributed by atoms with van der Waals surface area (Å²) >= 11 is 0. The van der Waals surface area contributed by atoms with E-state index in [2.05, 4.69) is 15.1 Å². The fourth-order valence-corrected chi connectivity index (χ4v) is 3.13. The Kier molecular flexibility index (Phi) is 4.12. The van der Waals surface area contributed by atoms with E-state index in [1.807, 2.05) is 37.3 Å². The molecule has 0 aliphatic carbocycles. The van der Waals surface area contributed by atoms with E-state index >= 15 is 0 Å². The number of aromatic amines is 1. The number of hydrogen-bond donors (Lipinski definition) is 2. The average Bonchev–Trinajstić information content (AvgIpc) is 3.07. The monoisotopic (exact) mass is 361 g/mol. The summed E-state index contributed by atoms with van der Waals surface area (Å²) in [5, 5.41) is 5.09. The summed E-state index contributed by atoms with van der Waals surface area (Å²) < 4.78 is 7.14. The summed E-state index contributed by atoms with van der Waals surface area (Å²) in [5.41, 5.74) is 8.85. The largest absolute Gasteiger partial charge is 0.496 e. The van der Waals surface area contributed by atoms with Crippen LogP contribution in [0.3, 0.4) is 0 Å². The lowest BCUT2D eigenvalue weighted by molar-refractivity contribution is 0.416. The van der Waals surface area contributed by atoms with Crippen molar-refractivity contribution in [3.8, 4) is 28.4 Å². The number of nitrogen functional groups attached to an aromatic ring is 1. The molecular weight excluding hydrogens is 342 g/mol. The first kappa shape index (κ1) is 16.8. The number of aryl methyl sites for hydroxylation is 1. The van der Waals surface area contributed by atoms with E-state index in [1.165, 1.54) is 0 Å². The quantitative estimate of drug-likeness (QED) is 0.544. The summed E-state index contributed by atoms with van der Waals surface area (Å²) in [4.78, 5) is 20.5. The van der Waals surface area contributed by atoms with Gasteiger partial charge in [-0.3, -0.25) is 4.79 Å². The zero-order valence-electron chi connectivity index (χ0n) is 15.1. The molecule has 0 bridgehead atoms. The zero-order chi connectivity index (χ0) is 19.0. The minimum absolute atomic E-state index is 0.243. The van der Waals surface area contributed by atoms with E-state index in [-0.39, 0.29) is 5.56 Å². The number of H-pyrrole nitrogens is 1. The topological polar surface area (TPSA) is 98.8 Å². The summed E-state index contributed by atoms with van der Waals surface area (Å²) in [5.74, 6) is 0.960. The number of nitrogens with zero attached hydrogens (tertiary/aromatic N) is 3. The maximum atomic E-state index is 12.9. The summed E-state index contributed by atoms with van der Waals surface area (Å²) in [7, 11) is 1.55. The van der Waals surface area contributed by atoms with Gasteiger partial charge in [-0.25, -0.2) is 9.67 Å². The van der Waals surface area contributed by atoms with Crippen LogP contribution in [0.5, 0.6) is 5.75 Å². The van der Waals surface area contributed by atoms with Crippen molar-refractivity contribution in [3.05, 3.63) is 58.9 Å². The Balaban J connectivity index is 1.99. The van der Waals surface area contributed by atoms with Gasteiger partial charge in [0.15, 0.2) is 5.65 Å². The number of fused-ring (bicyclic) bond motifs is 1. The standard InChI is InChI=1S/C20H19N5O2/c1-3-25-19-16(17(24-25)12-7-5-4-6-8-12)20(26)23-18(22-19)14-10-9-13(21)11-15(14)27-2/h4-11H,3,21H2,1-2H3,(H,22,23,26). The number of methoxy groups -OCH3 is 1. The van der Waals surface area contributed by atoms with Gasteiger partial charge in [0.05, 0.1) is 12.7 Å². The number of ether oxygens (including phenoxy) is 1. The molecule has 4 rings (SSSR count). The molecule has 7 heteroatoms. The molecule has 0 unspecified atom stereocenters. The van der Waals surface area contributed by atoms with E-state index < -0.39 is 0 Å². The van der Waals surface area contributed by atoms with Gasteiger partial charge in [-0.15, -0.1) is 0 Å². The Hall–Kier alpha value is -3.61. The molecule has 3 N–H and O–H groups in total. The van der Waals surface area contributed by atoms with Crippen LogP contribution in [-0.2, 0) is 6.54 Å². The number of benzene rings is 2. The lowest BCUT2D eigenvalue weighted by Gasteiger charge is -2.09. The smallest absolute Gasteiger partial charge is 0.262 e. The molecule has 4 aromatic rings. The molecule has 0 aliphatic rings. The van der Waals surface area contributed by atoms with Gasteiger partial charge in [0.2, 0.25) is 0 Å². The molecule has 0 aliphatic heterocycles. The van der Waals surface area contributed by atoms with Crippen molar-refractivity contribution >= 4 is 16.7 Å². The van der Waals surface area contributed by atoms with Gasteiger partial charge in [-0.05, 0) is 19.1 Å². The number of aromatic nitrogens is 4. The predicted octanol–water partition coefficient (Wildman–Crippen LogP) is 3.06. The Morgan fingerprint density at radius 2 is 1.96 bits per heavy atom. The molecule has 136 valence electrons. The van der Waals surface area contributed by atoms with Crippen LogP contribution in [0.1, 0.15) is 6.92 Å². The normalized spacial score (nSPS) is 11.0. The van der Waals surface area contributed by atoms with Gasteiger partial charge in [0.1, 0.15) is 22.7 Å². The third kappa shape index (κ3) is 2.83. The highest BCUT2D eigenvalue weighted by Gasteiger charge is 2.19. The molecule has 0 saturated heterocycles. The van der Waals surface area contributed by atoms with Crippen molar-refractivity contribution in [2.24, 2.45) is 0 Å². The second-order valence-corrected chi connectivity index (χ2v) is 6.10. The fourth-order valence-electron chi connectivity index (χ4n) is 3.13. The average molecular weight is 361 g/mol. The Morgan fingerprint density at radius 1 is 1.19 bits per heavy atom. The van der Waals surface area contributed by atoms with E-state index in [0.29, 0.717) is 46.1 Å². The van der Waals surface area contributed by atoms with Crippen LogP contribution >= 0.6 is 0 Å². The number of rotatable bonds is 4. The molecule has 0 saturated carbocycles. The second-order valence-electron chi connectivity index (χ2n) is 6.10. The third-order valence-corrected chi connectivity index (χ3v) is 4.43.